The molecular weight excluding hydrogens is 242 g/mol. The van der Waals surface area contributed by atoms with Gasteiger partial charge in [0.1, 0.15) is 11.4 Å². The molecule has 0 aromatic carbocycles. The van der Waals surface area contributed by atoms with E-state index in [9.17, 15) is 9.59 Å². The third-order valence-corrected chi connectivity index (χ3v) is 3.52. The maximum absolute atomic E-state index is 12.4. The zero-order chi connectivity index (χ0) is 14.0. The molecule has 19 heavy (non-hydrogen) atoms. The molecule has 104 valence electrons. The number of aryl methyl sites for hydroxylation is 1. The van der Waals surface area contributed by atoms with E-state index in [4.69, 9.17) is 0 Å². The van der Waals surface area contributed by atoms with Crippen LogP contribution < -0.4 is 5.56 Å². The van der Waals surface area contributed by atoms with Gasteiger partial charge in [-0.2, -0.15) is 0 Å². The number of aromatic amines is 1. The molecule has 1 aromatic heterocycles. The fourth-order valence-electron chi connectivity index (χ4n) is 2.39. The van der Waals surface area contributed by atoms with Crippen LogP contribution in [0.3, 0.4) is 0 Å². The van der Waals surface area contributed by atoms with Crippen LogP contribution in [0.15, 0.2) is 4.79 Å². The molecule has 1 fully saturated rings. The molecule has 2 rings (SSSR count). The number of rotatable bonds is 2. The van der Waals surface area contributed by atoms with E-state index in [1.54, 1.807) is 11.8 Å². The van der Waals surface area contributed by atoms with E-state index in [1.165, 1.54) is 0 Å². The standard InChI is InChI=1S/C14H21N3O2/c1-9(2)12-15-10(3)11(13(18)16-12)14(19)17-7-5-4-6-8-17/h9H,4-8H2,1-3H3,(H,15,16,18). The van der Waals surface area contributed by atoms with E-state index in [-0.39, 0.29) is 22.9 Å². The molecule has 0 radical (unpaired) electrons. The Balaban J connectivity index is 2.34. The second-order valence-corrected chi connectivity index (χ2v) is 5.42. The van der Waals surface area contributed by atoms with Crippen LogP contribution in [-0.2, 0) is 0 Å². The van der Waals surface area contributed by atoms with Crippen LogP contribution >= 0.6 is 0 Å². The molecule has 0 bridgehead atoms. The monoisotopic (exact) mass is 263 g/mol. The summed E-state index contributed by atoms with van der Waals surface area (Å²) in [5.74, 6) is 0.601. The Bertz CT molecular complexity index is 528. The Morgan fingerprint density at radius 1 is 1.26 bits per heavy atom. The summed E-state index contributed by atoms with van der Waals surface area (Å²) in [6.07, 6.45) is 3.18. The zero-order valence-corrected chi connectivity index (χ0v) is 11.8. The van der Waals surface area contributed by atoms with E-state index in [2.05, 4.69) is 9.97 Å². The van der Waals surface area contributed by atoms with Crippen molar-refractivity contribution in [2.24, 2.45) is 0 Å². The molecule has 2 heterocycles. The summed E-state index contributed by atoms with van der Waals surface area (Å²) in [5, 5.41) is 0. The van der Waals surface area contributed by atoms with Gasteiger partial charge < -0.3 is 9.88 Å². The number of H-pyrrole nitrogens is 1. The summed E-state index contributed by atoms with van der Waals surface area (Å²) in [7, 11) is 0. The topological polar surface area (TPSA) is 66.1 Å². The minimum atomic E-state index is -0.313. The number of likely N-dealkylation sites (tertiary alicyclic amines) is 1. The first kappa shape index (κ1) is 13.8. The summed E-state index contributed by atoms with van der Waals surface area (Å²) in [6, 6.07) is 0. The number of carbonyl (C=O) groups excluding carboxylic acids is 1. The van der Waals surface area contributed by atoms with Gasteiger partial charge in [0.2, 0.25) is 0 Å². The summed E-state index contributed by atoms with van der Waals surface area (Å²) in [4.78, 5) is 33.3. The van der Waals surface area contributed by atoms with Gasteiger partial charge in [-0.15, -0.1) is 0 Å². The molecule has 1 aromatic rings. The number of hydrogen-bond donors (Lipinski definition) is 1. The van der Waals surface area contributed by atoms with Crippen LogP contribution in [0.4, 0.5) is 0 Å². The molecule has 1 aliphatic heterocycles. The number of carbonyl (C=O) groups is 1. The Hall–Kier alpha value is -1.65. The lowest BCUT2D eigenvalue weighted by atomic mass is 10.1. The molecule has 0 atom stereocenters. The van der Waals surface area contributed by atoms with Gasteiger partial charge in [-0.3, -0.25) is 9.59 Å². The third-order valence-electron chi connectivity index (χ3n) is 3.52. The molecule has 0 unspecified atom stereocenters. The molecule has 5 heteroatoms. The van der Waals surface area contributed by atoms with E-state index in [1.807, 2.05) is 13.8 Å². The van der Waals surface area contributed by atoms with Gasteiger partial charge in [0.05, 0.1) is 5.69 Å². The van der Waals surface area contributed by atoms with Crippen molar-refractivity contribution in [3.8, 4) is 0 Å². The van der Waals surface area contributed by atoms with Gasteiger partial charge in [0.15, 0.2) is 0 Å². The Kier molecular flexibility index (Phi) is 4.02. The van der Waals surface area contributed by atoms with Gasteiger partial charge in [-0.25, -0.2) is 4.98 Å². The maximum atomic E-state index is 12.4. The number of nitrogens with one attached hydrogen (secondary N) is 1. The molecule has 1 amide bonds. The summed E-state index contributed by atoms with van der Waals surface area (Å²) >= 11 is 0. The fourth-order valence-corrected chi connectivity index (χ4v) is 2.39. The average Bonchev–Trinajstić information content (AvgIpc) is 2.38. The lowest BCUT2D eigenvalue weighted by Crippen LogP contribution is -2.39. The molecule has 0 saturated carbocycles. The molecule has 1 aliphatic rings. The van der Waals surface area contributed by atoms with Crippen molar-refractivity contribution in [2.75, 3.05) is 13.1 Å². The zero-order valence-electron chi connectivity index (χ0n) is 11.8. The van der Waals surface area contributed by atoms with Gasteiger partial charge >= 0.3 is 0 Å². The predicted octanol–water partition coefficient (Wildman–Crippen LogP) is 1.83. The quantitative estimate of drug-likeness (QED) is 0.885. The van der Waals surface area contributed by atoms with Crippen LogP contribution in [0.2, 0.25) is 0 Å². The molecule has 1 N–H and O–H groups in total. The Morgan fingerprint density at radius 2 is 1.89 bits per heavy atom. The summed E-state index contributed by atoms with van der Waals surface area (Å²) in [6.45, 7) is 7.14. The highest BCUT2D eigenvalue weighted by Gasteiger charge is 2.23. The van der Waals surface area contributed by atoms with Crippen molar-refractivity contribution in [2.45, 2.75) is 46.0 Å². The van der Waals surface area contributed by atoms with Gasteiger partial charge in [0.25, 0.3) is 11.5 Å². The van der Waals surface area contributed by atoms with Gasteiger partial charge in [-0.1, -0.05) is 13.8 Å². The minimum absolute atomic E-state index is 0.144. The van der Waals surface area contributed by atoms with Crippen LogP contribution in [0.1, 0.15) is 60.9 Å². The molecule has 0 aliphatic carbocycles. The van der Waals surface area contributed by atoms with Crippen LogP contribution in [0, 0.1) is 6.92 Å². The van der Waals surface area contributed by atoms with E-state index in [0.29, 0.717) is 11.5 Å². The summed E-state index contributed by atoms with van der Waals surface area (Å²) in [5.41, 5.74) is 0.418. The van der Waals surface area contributed by atoms with Crippen LogP contribution in [0.25, 0.3) is 0 Å². The maximum Gasteiger partial charge on any atom is 0.264 e. The van der Waals surface area contributed by atoms with Gasteiger partial charge in [-0.05, 0) is 26.2 Å². The highest BCUT2D eigenvalue weighted by molar-refractivity contribution is 5.94. The van der Waals surface area contributed by atoms with Crippen LogP contribution in [-0.4, -0.2) is 33.9 Å². The molecular formula is C14H21N3O2. The van der Waals surface area contributed by atoms with E-state index in [0.717, 1.165) is 32.4 Å². The second-order valence-electron chi connectivity index (χ2n) is 5.42. The summed E-state index contributed by atoms with van der Waals surface area (Å²) < 4.78 is 0. The van der Waals surface area contributed by atoms with Crippen LogP contribution in [0.5, 0.6) is 0 Å². The Labute approximate surface area is 113 Å². The van der Waals surface area contributed by atoms with Crippen molar-refractivity contribution < 1.29 is 4.79 Å². The van der Waals surface area contributed by atoms with E-state index >= 15 is 0 Å². The van der Waals surface area contributed by atoms with Crippen molar-refractivity contribution in [1.29, 1.82) is 0 Å². The second kappa shape index (κ2) is 5.55. The van der Waals surface area contributed by atoms with Crippen molar-refractivity contribution in [3.05, 3.63) is 27.4 Å². The lowest BCUT2D eigenvalue weighted by Gasteiger charge is -2.26. The highest BCUT2D eigenvalue weighted by Crippen LogP contribution is 2.14. The Morgan fingerprint density at radius 3 is 2.42 bits per heavy atom. The number of amides is 1. The van der Waals surface area contributed by atoms with Crippen molar-refractivity contribution in [1.82, 2.24) is 14.9 Å². The molecule has 5 nitrogen and oxygen atoms in total. The number of piperidine rings is 1. The van der Waals surface area contributed by atoms with E-state index < -0.39 is 0 Å². The largest absolute Gasteiger partial charge is 0.338 e. The normalized spacial score (nSPS) is 15.9. The molecule has 0 spiro atoms. The third kappa shape index (κ3) is 2.85. The first-order valence-electron chi connectivity index (χ1n) is 6.90. The van der Waals surface area contributed by atoms with Gasteiger partial charge in [0, 0.05) is 19.0 Å². The number of nitrogens with zero attached hydrogens (tertiary/aromatic N) is 2. The number of hydrogen-bond acceptors (Lipinski definition) is 3. The SMILES string of the molecule is Cc1nc(C(C)C)[nH]c(=O)c1C(=O)N1CCCCC1. The minimum Gasteiger partial charge on any atom is -0.338 e. The highest BCUT2D eigenvalue weighted by atomic mass is 16.2. The fraction of sp³-hybridized carbons (Fsp3) is 0.643. The number of aromatic nitrogens is 2. The smallest absolute Gasteiger partial charge is 0.264 e. The lowest BCUT2D eigenvalue weighted by molar-refractivity contribution is 0.0721. The predicted molar refractivity (Wildman–Crippen MR) is 73.4 cm³/mol. The van der Waals surface area contributed by atoms with Crippen molar-refractivity contribution in [3.63, 3.8) is 0 Å². The molecule has 1 saturated heterocycles. The average molecular weight is 263 g/mol. The first-order valence-corrected chi connectivity index (χ1v) is 6.90. The first-order chi connectivity index (χ1) is 9.00. The van der Waals surface area contributed by atoms with Crippen molar-refractivity contribution >= 4 is 5.91 Å².